The summed E-state index contributed by atoms with van der Waals surface area (Å²) in [4.78, 5) is 14.8. The van der Waals surface area contributed by atoms with E-state index in [0.717, 1.165) is 4.88 Å². The van der Waals surface area contributed by atoms with Gasteiger partial charge in [-0.2, -0.15) is 4.99 Å². The van der Waals surface area contributed by atoms with Crippen molar-refractivity contribution in [3.63, 3.8) is 0 Å². The molecule has 0 aliphatic rings. The maximum atomic E-state index is 10.5. The zero-order valence-corrected chi connectivity index (χ0v) is 7.95. The number of aliphatic imine (C=N–C) groups is 1. The molecule has 1 heterocycles. The molecular weight excluding hydrogens is 196 g/mol. The van der Waals surface area contributed by atoms with E-state index in [2.05, 4.69) is 4.99 Å². The van der Waals surface area contributed by atoms with Crippen LogP contribution >= 0.6 is 22.9 Å². The highest BCUT2D eigenvalue weighted by Crippen LogP contribution is 2.20. The monoisotopic (exact) mass is 202 g/mol. The molecule has 3 nitrogen and oxygen atoms in total. The Kier molecular flexibility index (Phi) is 2.83. The Morgan fingerprint density at radius 3 is 2.75 bits per heavy atom. The van der Waals surface area contributed by atoms with E-state index in [1.165, 1.54) is 18.3 Å². The van der Waals surface area contributed by atoms with Crippen molar-refractivity contribution in [1.29, 1.82) is 0 Å². The second-order valence-electron chi connectivity index (χ2n) is 2.12. The molecule has 12 heavy (non-hydrogen) atoms. The number of amides is 1. The molecule has 0 unspecified atom stereocenters. The lowest BCUT2D eigenvalue weighted by Crippen LogP contribution is -2.12. The summed E-state index contributed by atoms with van der Waals surface area (Å²) in [5.74, 6) is -0.0866. The van der Waals surface area contributed by atoms with Crippen molar-refractivity contribution in [3.05, 3.63) is 21.3 Å². The van der Waals surface area contributed by atoms with Crippen LogP contribution in [0.1, 0.15) is 11.8 Å². The molecule has 1 aromatic heterocycles. The summed E-state index contributed by atoms with van der Waals surface area (Å²) in [5.41, 5.74) is 5.49. The molecule has 0 aliphatic carbocycles. The molecule has 1 aromatic rings. The van der Waals surface area contributed by atoms with E-state index < -0.39 is 0 Å². The van der Waals surface area contributed by atoms with Gasteiger partial charge in [0.2, 0.25) is 5.91 Å². The molecule has 5 heteroatoms. The first-order chi connectivity index (χ1) is 5.59. The van der Waals surface area contributed by atoms with Gasteiger partial charge in [0.05, 0.1) is 9.21 Å². The third-order valence-electron chi connectivity index (χ3n) is 1.10. The molecule has 0 bridgehead atoms. The molecule has 0 saturated heterocycles. The van der Waals surface area contributed by atoms with Crippen molar-refractivity contribution < 1.29 is 4.79 Å². The Labute approximate surface area is 78.9 Å². The molecule has 1 amide bonds. The molecule has 64 valence electrons. The van der Waals surface area contributed by atoms with Gasteiger partial charge < -0.3 is 5.73 Å². The second-order valence-corrected chi connectivity index (χ2v) is 3.83. The second kappa shape index (κ2) is 3.69. The predicted octanol–water partition coefficient (Wildman–Crippen LogP) is 1.65. The summed E-state index contributed by atoms with van der Waals surface area (Å²) in [5, 5.41) is 0. The van der Waals surface area contributed by atoms with Crippen LogP contribution in [0.5, 0.6) is 0 Å². The molecule has 0 fully saturated rings. The number of rotatable bonds is 1. The van der Waals surface area contributed by atoms with Gasteiger partial charge in [-0.3, -0.25) is 4.79 Å². The van der Waals surface area contributed by atoms with Gasteiger partial charge in [-0.05, 0) is 12.1 Å². The molecule has 0 aliphatic heterocycles. The number of nitrogens with two attached hydrogens (primary N) is 1. The quantitative estimate of drug-likeness (QED) is 0.556. The largest absolute Gasteiger partial charge is 0.382 e. The van der Waals surface area contributed by atoms with E-state index in [1.807, 2.05) is 0 Å². The van der Waals surface area contributed by atoms with Gasteiger partial charge in [0.25, 0.3) is 0 Å². The summed E-state index contributed by atoms with van der Waals surface area (Å²) in [7, 11) is 0. The molecular formula is C7H7ClN2OS. The molecule has 0 saturated carbocycles. The minimum absolute atomic E-state index is 0.222. The Balaban J connectivity index is 2.91. The molecule has 2 N–H and O–H groups in total. The lowest BCUT2D eigenvalue weighted by atomic mass is 10.4. The van der Waals surface area contributed by atoms with Crippen LogP contribution in [0.25, 0.3) is 0 Å². The highest BCUT2D eigenvalue weighted by Gasteiger charge is 2.02. The number of nitrogens with zero attached hydrogens (tertiary/aromatic N) is 1. The normalized spacial score (nSPS) is 11.7. The van der Waals surface area contributed by atoms with Crippen molar-refractivity contribution in [2.45, 2.75) is 6.92 Å². The highest BCUT2D eigenvalue weighted by atomic mass is 35.5. The van der Waals surface area contributed by atoms with Crippen LogP contribution in [0.4, 0.5) is 0 Å². The van der Waals surface area contributed by atoms with Crippen LogP contribution < -0.4 is 5.73 Å². The predicted molar refractivity (Wildman–Crippen MR) is 50.7 cm³/mol. The standard InChI is InChI=1S/C7H7ClN2OS/c1-4(11)10-7(9)5-2-3-6(8)12-5/h2-3H,1H3,(H2,9,10,11). The van der Waals surface area contributed by atoms with Crippen molar-refractivity contribution in [1.82, 2.24) is 0 Å². The smallest absolute Gasteiger partial charge is 0.244 e. The van der Waals surface area contributed by atoms with Crippen LogP contribution in [-0.2, 0) is 4.79 Å². The van der Waals surface area contributed by atoms with E-state index in [0.29, 0.717) is 4.34 Å². The average Bonchev–Trinajstić information content (AvgIpc) is 2.34. The van der Waals surface area contributed by atoms with E-state index in [1.54, 1.807) is 12.1 Å². The Bertz CT molecular complexity index is 332. The van der Waals surface area contributed by atoms with E-state index >= 15 is 0 Å². The lowest BCUT2D eigenvalue weighted by Gasteiger charge is -1.91. The highest BCUT2D eigenvalue weighted by molar-refractivity contribution is 7.18. The summed E-state index contributed by atoms with van der Waals surface area (Å²) in [6.45, 7) is 1.35. The Hall–Kier alpha value is -0.870. The number of thiophene rings is 1. The van der Waals surface area contributed by atoms with Crippen LogP contribution in [0, 0.1) is 0 Å². The SMILES string of the molecule is CC(=O)N=C(N)c1ccc(Cl)s1. The summed E-state index contributed by atoms with van der Waals surface area (Å²) < 4.78 is 0.631. The first-order valence-corrected chi connectivity index (χ1v) is 4.39. The van der Waals surface area contributed by atoms with Crippen LogP contribution in [0.2, 0.25) is 4.34 Å². The fourth-order valence-corrected chi connectivity index (χ4v) is 1.62. The minimum Gasteiger partial charge on any atom is -0.382 e. The Morgan fingerprint density at radius 1 is 1.67 bits per heavy atom. The van der Waals surface area contributed by atoms with Gasteiger partial charge in [0.1, 0.15) is 5.84 Å². The number of halogens is 1. The van der Waals surface area contributed by atoms with Crippen LogP contribution in [-0.4, -0.2) is 11.7 Å². The number of carbonyl (C=O) groups excluding carboxylic acids is 1. The minimum atomic E-state index is -0.308. The van der Waals surface area contributed by atoms with Gasteiger partial charge in [0, 0.05) is 6.92 Å². The van der Waals surface area contributed by atoms with E-state index in [4.69, 9.17) is 17.3 Å². The zero-order chi connectivity index (χ0) is 9.14. The van der Waals surface area contributed by atoms with Gasteiger partial charge in [0.15, 0.2) is 0 Å². The molecule has 0 atom stereocenters. The first kappa shape index (κ1) is 9.22. The van der Waals surface area contributed by atoms with Crippen molar-refractivity contribution >= 4 is 34.7 Å². The number of hydrogen-bond donors (Lipinski definition) is 1. The third-order valence-corrected chi connectivity index (χ3v) is 2.36. The average molecular weight is 203 g/mol. The maximum Gasteiger partial charge on any atom is 0.244 e. The van der Waals surface area contributed by atoms with Crippen LogP contribution in [0.3, 0.4) is 0 Å². The maximum absolute atomic E-state index is 10.5. The first-order valence-electron chi connectivity index (χ1n) is 3.20. The summed E-state index contributed by atoms with van der Waals surface area (Å²) in [6, 6.07) is 3.44. The van der Waals surface area contributed by atoms with Gasteiger partial charge in [-0.15, -0.1) is 11.3 Å². The number of hydrogen-bond acceptors (Lipinski definition) is 2. The van der Waals surface area contributed by atoms with Gasteiger partial charge in [-0.1, -0.05) is 11.6 Å². The van der Waals surface area contributed by atoms with Crippen molar-refractivity contribution in [3.8, 4) is 0 Å². The number of carbonyl (C=O) groups is 1. The summed E-state index contributed by atoms with van der Waals surface area (Å²) in [6.07, 6.45) is 0. The van der Waals surface area contributed by atoms with Gasteiger partial charge >= 0.3 is 0 Å². The molecule has 0 aromatic carbocycles. The molecule has 0 spiro atoms. The zero-order valence-electron chi connectivity index (χ0n) is 6.37. The summed E-state index contributed by atoms with van der Waals surface area (Å²) >= 11 is 6.96. The topological polar surface area (TPSA) is 55.5 Å². The third kappa shape index (κ3) is 2.32. The van der Waals surface area contributed by atoms with Crippen molar-refractivity contribution in [2.24, 2.45) is 10.7 Å². The lowest BCUT2D eigenvalue weighted by molar-refractivity contribution is -0.115. The Morgan fingerprint density at radius 2 is 2.33 bits per heavy atom. The number of amidine groups is 1. The molecule has 1 rings (SSSR count). The van der Waals surface area contributed by atoms with E-state index in [9.17, 15) is 4.79 Å². The van der Waals surface area contributed by atoms with E-state index in [-0.39, 0.29) is 11.7 Å². The fraction of sp³-hybridized carbons (Fsp3) is 0.143. The van der Waals surface area contributed by atoms with Gasteiger partial charge in [-0.25, -0.2) is 0 Å². The molecule has 0 radical (unpaired) electrons. The van der Waals surface area contributed by atoms with Crippen molar-refractivity contribution in [2.75, 3.05) is 0 Å². The van der Waals surface area contributed by atoms with Crippen LogP contribution in [0.15, 0.2) is 17.1 Å². The fourth-order valence-electron chi connectivity index (χ4n) is 0.677.